The number of hydrazone groups is 1. The van der Waals surface area contributed by atoms with Crippen LogP contribution in [-0.4, -0.2) is 49.2 Å². The first kappa shape index (κ1) is 45.6. The van der Waals surface area contributed by atoms with Gasteiger partial charge in [0.1, 0.15) is 30.5 Å². The van der Waals surface area contributed by atoms with E-state index in [1.807, 2.05) is 71.9 Å². The molecule has 9 rings (SSSR count). The summed E-state index contributed by atoms with van der Waals surface area (Å²) in [6.45, 7) is 9.01. The molecule has 0 N–H and O–H groups in total. The second kappa shape index (κ2) is 21.8. The van der Waals surface area contributed by atoms with Crippen LogP contribution in [0.3, 0.4) is 0 Å². The van der Waals surface area contributed by atoms with Crippen molar-refractivity contribution in [1.29, 1.82) is 0 Å². The van der Waals surface area contributed by atoms with Crippen molar-refractivity contribution in [2.24, 2.45) is 10.5 Å². The van der Waals surface area contributed by atoms with Crippen molar-refractivity contribution in [3.05, 3.63) is 149 Å². The molecule has 6 aromatic carbocycles. The lowest BCUT2D eigenvalue weighted by Gasteiger charge is -2.40. The largest absolute Gasteiger partial charge is 0.493 e. The van der Waals surface area contributed by atoms with Crippen molar-refractivity contribution in [2.75, 3.05) is 38.0 Å². The van der Waals surface area contributed by atoms with Crippen LogP contribution in [0.1, 0.15) is 74.6 Å². The molecule has 0 amide bonds. The van der Waals surface area contributed by atoms with Crippen LogP contribution in [0, 0.1) is 5.41 Å². The minimum atomic E-state index is 0.226. The Morgan fingerprint density at radius 1 is 0.697 bits per heavy atom. The first-order valence-corrected chi connectivity index (χ1v) is 25.0. The van der Waals surface area contributed by atoms with E-state index in [1.54, 1.807) is 22.7 Å². The molecule has 1 saturated heterocycles. The van der Waals surface area contributed by atoms with Crippen LogP contribution in [-0.2, 0) is 29.1 Å². The van der Waals surface area contributed by atoms with Gasteiger partial charge in [-0.15, -0.1) is 0 Å². The van der Waals surface area contributed by atoms with Gasteiger partial charge in [-0.05, 0) is 108 Å². The van der Waals surface area contributed by atoms with Gasteiger partial charge < -0.3 is 23.7 Å². The van der Waals surface area contributed by atoms with Crippen LogP contribution in [0.4, 0.5) is 10.3 Å². The molecule has 0 spiro atoms. The third-order valence-corrected chi connectivity index (χ3v) is 14.3. The summed E-state index contributed by atoms with van der Waals surface area (Å²) in [6.07, 6.45) is 9.32. The van der Waals surface area contributed by atoms with Crippen molar-refractivity contribution in [1.82, 2.24) is 9.97 Å². The van der Waals surface area contributed by atoms with Crippen LogP contribution in [0.2, 0.25) is 5.02 Å². The van der Waals surface area contributed by atoms with Crippen LogP contribution in [0.25, 0.3) is 31.2 Å². The van der Waals surface area contributed by atoms with E-state index in [4.69, 9.17) is 50.4 Å². The Bertz CT molecular complexity index is 2750. The average Bonchev–Trinajstić information content (AvgIpc) is 3.96. The Balaban J connectivity index is 0.912. The highest BCUT2D eigenvalue weighted by atomic mass is 35.5. The maximum atomic E-state index is 6.68. The average molecular weight is 940 g/mol. The normalized spacial score (nSPS) is 13.4. The monoisotopic (exact) mass is 938 g/mol. The quantitative estimate of drug-likeness (QED) is 0.0356. The summed E-state index contributed by atoms with van der Waals surface area (Å²) in [5.41, 5.74) is 6.39. The highest BCUT2D eigenvalue weighted by Gasteiger charge is 2.36. The molecule has 9 nitrogen and oxygen atoms in total. The lowest BCUT2D eigenvalue weighted by molar-refractivity contribution is -0.150. The molecule has 12 heteroatoms. The number of rotatable bonds is 23. The van der Waals surface area contributed by atoms with Gasteiger partial charge in [0, 0.05) is 23.7 Å². The van der Waals surface area contributed by atoms with Crippen LogP contribution in [0.15, 0.2) is 126 Å². The van der Waals surface area contributed by atoms with E-state index in [0.29, 0.717) is 36.3 Å². The highest BCUT2D eigenvalue weighted by Crippen LogP contribution is 2.39. The van der Waals surface area contributed by atoms with Gasteiger partial charge in [-0.3, -0.25) is 0 Å². The fraction of sp³-hybridized carbons (Fsp3) is 0.315. The van der Waals surface area contributed by atoms with E-state index >= 15 is 0 Å². The number of unbranched alkanes of at least 4 members (excludes halogenated alkanes) is 3. The van der Waals surface area contributed by atoms with Gasteiger partial charge >= 0.3 is 0 Å². The van der Waals surface area contributed by atoms with Gasteiger partial charge in [-0.2, -0.15) is 10.1 Å². The number of fused-ring (bicyclic) bond motifs is 3. The maximum Gasteiger partial charge on any atom is 0.214 e. The van der Waals surface area contributed by atoms with Gasteiger partial charge in [-0.1, -0.05) is 128 Å². The van der Waals surface area contributed by atoms with Gasteiger partial charge in [0.25, 0.3) is 0 Å². The smallest absolute Gasteiger partial charge is 0.214 e. The molecule has 3 heterocycles. The maximum absolute atomic E-state index is 6.68. The van der Waals surface area contributed by atoms with Crippen molar-refractivity contribution >= 4 is 82.0 Å². The number of nitrogens with zero attached hydrogens (tertiary/aromatic N) is 4. The minimum absolute atomic E-state index is 0.226. The van der Waals surface area contributed by atoms with Crippen molar-refractivity contribution in [2.45, 2.75) is 72.0 Å². The molecule has 0 unspecified atom stereocenters. The Labute approximate surface area is 399 Å². The van der Waals surface area contributed by atoms with Gasteiger partial charge in [0.15, 0.2) is 0 Å². The Kier molecular flexibility index (Phi) is 15.1. The number of anilines is 2. The molecule has 66 heavy (non-hydrogen) atoms. The van der Waals surface area contributed by atoms with E-state index < -0.39 is 0 Å². The zero-order valence-electron chi connectivity index (χ0n) is 37.5. The molecule has 0 radical (unpaired) electrons. The lowest BCUT2D eigenvalue weighted by atomic mass is 9.84. The molecule has 0 saturated carbocycles. The number of ether oxygens (including phenoxy) is 5. The number of benzene rings is 6. The minimum Gasteiger partial charge on any atom is -0.493 e. The van der Waals surface area contributed by atoms with Crippen LogP contribution in [0.5, 0.6) is 17.2 Å². The molecule has 1 fully saturated rings. The predicted molar refractivity (Wildman–Crippen MR) is 272 cm³/mol. The molecular weight excluding hydrogens is 884 g/mol. The lowest BCUT2D eigenvalue weighted by Crippen LogP contribution is -2.45. The summed E-state index contributed by atoms with van der Waals surface area (Å²) in [4.78, 5) is 9.99. The van der Waals surface area contributed by atoms with Crippen molar-refractivity contribution < 1.29 is 23.7 Å². The topological polar surface area (TPSA) is 87.5 Å². The SMILES string of the molecule is CCCc1ccc(COc2ccc(OCc3ccc4c(/C=N/N(c5nc6ccccc6s5)c5nc6ccccc6s5)c(OCCCCCCOCC5(CC)COC5)ccc4c3)cc2Cl)cc1. The summed E-state index contributed by atoms with van der Waals surface area (Å²) < 4.78 is 32.6. The molecular formula is C54H55ClN4O5S2. The zero-order chi connectivity index (χ0) is 45.1. The molecule has 1 aliphatic rings. The van der Waals surface area contributed by atoms with Gasteiger partial charge in [0.05, 0.1) is 58.1 Å². The molecule has 0 aliphatic carbocycles. The summed E-state index contributed by atoms with van der Waals surface area (Å²) in [5, 5.41) is 11.0. The third-order valence-electron chi connectivity index (χ3n) is 12.0. The summed E-state index contributed by atoms with van der Waals surface area (Å²) in [6, 6.07) is 41.0. The van der Waals surface area contributed by atoms with E-state index in [1.165, 1.54) is 5.56 Å². The van der Waals surface area contributed by atoms with E-state index in [0.717, 1.165) is 135 Å². The van der Waals surface area contributed by atoms with Crippen LogP contribution < -0.4 is 19.2 Å². The second-order valence-corrected chi connectivity index (χ2v) is 19.3. The first-order chi connectivity index (χ1) is 32.5. The standard InChI is InChI=1S/C54H55ClN4O5S2/c1-3-13-38-18-20-39(21-19-38)33-64-49-27-24-42(31-45(49)55)63-34-40-22-25-43-41(30-40)23-26-48(62-29-12-6-5-11-28-60-35-54(4-2)36-61-37-54)44(43)32-56-59(52-57-46-14-7-9-16-50(46)65-52)53-58-47-15-8-10-17-51(47)66-53/h7-10,14-27,30-32H,3-6,11-13,28-29,33-37H2,1-2H3/b56-32+. The third kappa shape index (κ3) is 11.2. The van der Waals surface area contributed by atoms with Gasteiger partial charge in [0.2, 0.25) is 10.3 Å². The predicted octanol–water partition coefficient (Wildman–Crippen LogP) is 14.4. The van der Waals surface area contributed by atoms with Gasteiger partial charge in [-0.25, -0.2) is 9.97 Å². The number of aromatic nitrogens is 2. The number of para-hydroxylation sites is 2. The Morgan fingerprint density at radius 2 is 1.36 bits per heavy atom. The summed E-state index contributed by atoms with van der Waals surface area (Å²) in [5.74, 6) is 2.05. The van der Waals surface area contributed by atoms with Crippen molar-refractivity contribution in [3.8, 4) is 17.2 Å². The number of hydrogen-bond acceptors (Lipinski definition) is 11. The molecule has 2 aromatic heterocycles. The number of aryl methyl sites for hydroxylation is 1. The highest BCUT2D eigenvalue weighted by molar-refractivity contribution is 7.24. The number of hydrogen-bond donors (Lipinski definition) is 0. The molecule has 1 aliphatic heterocycles. The van der Waals surface area contributed by atoms with E-state index in [-0.39, 0.29) is 5.41 Å². The Morgan fingerprint density at radius 3 is 2.03 bits per heavy atom. The second-order valence-electron chi connectivity index (χ2n) is 16.9. The molecule has 8 aromatic rings. The molecule has 0 bridgehead atoms. The summed E-state index contributed by atoms with van der Waals surface area (Å²) >= 11 is 9.86. The van der Waals surface area contributed by atoms with E-state index in [9.17, 15) is 0 Å². The number of thiazole rings is 2. The fourth-order valence-electron chi connectivity index (χ4n) is 7.95. The number of halogens is 1. The first-order valence-electron chi connectivity index (χ1n) is 23.0. The van der Waals surface area contributed by atoms with Crippen LogP contribution >= 0.6 is 34.3 Å². The zero-order valence-corrected chi connectivity index (χ0v) is 39.9. The summed E-state index contributed by atoms with van der Waals surface area (Å²) in [7, 11) is 0. The Hall–Kier alpha value is -5.56. The molecule has 0 atom stereocenters. The molecule has 340 valence electrons. The fourth-order valence-corrected chi connectivity index (χ4v) is 10.1. The van der Waals surface area contributed by atoms with Crippen molar-refractivity contribution in [3.63, 3.8) is 0 Å². The van der Waals surface area contributed by atoms with E-state index in [2.05, 4.69) is 74.5 Å².